The van der Waals surface area contributed by atoms with E-state index in [1.165, 1.54) is 5.56 Å². The van der Waals surface area contributed by atoms with Crippen LogP contribution in [0, 0.1) is 0 Å². The number of hydrogen-bond donors (Lipinski definition) is 1. The number of pyridine rings is 1. The third-order valence-corrected chi connectivity index (χ3v) is 3.40. The van der Waals surface area contributed by atoms with Gasteiger partial charge in [-0.25, -0.2) is 0 Å². The van der Waals surface area contributed by atoms with Crippen LogP contribution in [0.4, 0.5) is 5.69 Å². The van der Waals surface area contributed by atoms with Gasteiger partial charge in [0.2, 0.25) is 0 Å². The molecule has 0 radical (unpaired) electrons. The summed E-state index contributed by atoms with van der Waals surface area (Å²) in [6, 6.07) is 9.77. The number of aromatic nitrogens is 1. The minimum absolute atomic E-state index is 0.708. The number of nitrogens with zero attached hydrogens (tertiary/aromatic N) is 1. The first-order valence-corrected chi connectivity index (χ1v) is 6.00. The number of anilines is 1. The van der Waals surface area contributed by atoms with Crippen molar-refractivity contribution < 1.29 is 0 Å². The van der Waals surface area contributed by atoms with E-state index >= 15 is 0 Å². The second-order valence-electron chi connectivity index (χ2n) is 3.34. The second-order valence-corrected chi connectivity index (χ2v) is 4.60. The number of halogens is 2. The van der Waals surface area contributed by atoms with Gasteiger partial charge in [0.1, 0.15) is 0 Å². The fourth-order valence-corrected chi connectivity index (χ4v) is 1.74. The average Bonchev–Trinajstić information content (AvgIpc) is 2.32. The summed E-state index contributed by atoms with van der Waals surface area (Å²) in [6.45, 7) is 0.764. The van der Waals surface area contributed by atoms with Crippen LogP contribution in [-0.2, 0) is 6.54 Å². The Morgan fingerprint density at radius 2 is 1.94 bits per heavy atom. The van der Waals surface area contributed by atoms with Crippen molar-refractivity contribution in [1.82, 2.24) is 4.98 Å². The summed E-state index contributed by atoms with van der Waals surface area (Å²) in [5.74, 6) is 0. The number of hydrogen-bond acceptors (Lipinski definition) is 2. The zero-order chi connectivity index (χ0) is 11.4. The molecule has 0 aliphatic rings. The summed E-state index contributed by atoms with van der Waals surface area (Å²) < 4.78 is 0.906. The molecule has 16 heavy (non-hydrogen) atoms. The number of benzene rings is 1. The van der Waals surface area contributed by atoms with E-state index in [0.717, 1.165) is 16.7 Å². The highest BCUT2D eigenvalue weighted by atomic mass is 79.9. The third kappa shape index (κ3) is 2.97. The molecule has 82 valence electrons. The predicted molar refractivity (Wildman–Crippen MR) is 70.7 cm³/mol. The van der Waals surface area contributed by atoms with Gasteiger partial charge in [0.05, 0.1) is 5.02 Å². The highest BCUT2D eigenvalue weighted by Crippen LogP contribution is 2.25. The van der Waals surface area contributed by atoms with Crippen molar-refractivity contribution in [2.75, 3.05) is 5.32 Å². The summed E-state index contributed by atoms with van der Waals surface area (Å²) in [5.41, 5.74) is 2.19. The Morgan fingerprint density at radius 1 is 1.19 bits per heavy atom. The monoisotopic (exact) mass is 296 g/mol. The van der Waals surface area contributed by atoms with Gasteiger partial charge in [0, 0.05) is 29.1 Å². The van der Waals surface area contributed by atoms with E-state index in [4.69, 9.17) is 11.6 Å². The Labute approximate surface area is 108 Å². The molecule has 2 rings (SSSR count). The summed E-state index contributed by atoms with van der Waals surface area (Å²) in [7, 11) is 0. The van der Waals surface area contributed by atoms with Crippen molar-refractivity contribution in [2.45, 2.75) is 6.54 Å². The molecule has 1 heterocycles. The largest absolute Gasteiger partial charge is 0.381 e. The molecule has 0 spiro atoms. The van der Waals surface area contributed by atoms with Crippen LogP contribution >= 0.6 is 27.5 Å². The summed E-state index contributed by atoms with van der Waals surface area (Å²) in [6.07, 6.45) is 3.57. The van der Waals surface area contributed by atoms with Gasteiger partial charge in [0.25, 0.3) is 0 Å². The van der Waals surface area contributed by atoms with Crippen LogP contribution in [0.2, 0.25) is 5.02 Å². The summed E-state index contributed by atoms with van der Waals surface area (Å²) in [4.78, 5) is 3.97. The maximum Gasteiger partial charge on any atom is 0.0568 e. The normalized spacial score (nSPS) is 10.1. The highest BCUT2D eigenvalue weighted by Gasteiger charge is 1.98. The molecular formula is C12H10BrClN2. The number of rotatable bonds is 3. The van der Waals surface area contributed by atoms with Crippen LogP contribution in [0.5, 0.6) is 0 Å². The molecule has 2 aromatic rings. The SMILES string of the molecule is Clc1cc(NCc2ccncc2)ccc1Br. The van der Waals surface area contributed by atoms with Gasteiger partial charge in [-0.15, -0.1) is 0 Å². The molecule has 0 saturated heterocycles. The Kier molecular flexibility index (Phi) is 3.80. The van der Waals surface area contributed by atoms with E-state index < -0.39 is 0 Å². The van der Waals surface area contributed by atoms with Crippen molar-refractivity contribution in [3.8, 4) is 0 Å². The average molecular weight is 298 g/mol. The molecule has 0 fully saturated rings. The second kappa shape index (κ2) is 5.32. The Morgan fingerprint density at radius 3 is 2.62 bits per heavy atom. The van der Waals surface area contributed by atoms with Crippen LogP contribution in [0.3, 0.4) is 0 Å². The molecule has 2 nitrogen and oxygen atoms in total. The zero-order valence-corrected chi connectivity index (χ0v) is 10.8. The Hall–Kier alpha value is -1.06. The van der Waals surface area contributed by atoms with Crippen molar-refractivity contribution in [3.63, 3.8) is 0 Å². The van der Waals surface area contributed by atoms with Gasteiger partial charge < -0.3 is 5.32 Å². The smallest absolute Gasteiger partial charge is 0.0568 e. The Bertz CT molecular complexity index is 474. The molecule has 4 heteroatoms. The van der Waals surface area contributed by atoms with Crippen molar-refractivity contribution in [3.05, 3.63) is 57.8 Å². The van der Waals surface area contributed by atoms with E-state index in [1.54, 1.807) is 12.4 Å². The van der Waals surface area contributed by atoms with Crippen molar-refractivity contribution in [2.24, 2.45) is 0 Å². The fraction of sp³-hybridized carbons (Fsp3) is 0.0833. The first-order chi connectivity index (χ1) is 7.75. The lowest BCUT2D eigenvalue weighted by Gasteiger charge is -2.07. The molecule has 0 aliphatic heterocycles. The first kappa shape index (κ1) is 11.4. The van der Waals surface area contributed by atoms with Gasteiger partial charge in [-0.05, 0) is 51.8 Å². The van der Waals surface area contributed by atoms with Crippen molar-refractivity contribution in [1.29, 1.82) is 0 Å². The summed E-state index contributed by atoms with van der Waals surface area (Å²) >= 11 is 9.36. The summed E-state index contributed by atoms with van der Waals surface area (Å²) in [5, 5.41) is 4.00. The molecule has 0 amide bonds. The van der Waals surface area contributed by atoms with Crippen LogP contribution in [0.15, 0.2) is 47.2 Å². The van der Waals surface area contributed by atoms with Gasteiger partial charge in [-0.2, -0.15) is 0 Å². The fourth-order valence-electron chi connectivity index (χ4n) is 1.31. The lowest BCUT2D eigenvalue weighted by Crippen LogP contribution is -1.99. The molecule has 1 aromatic heterocycles. The molecule has 0 unspecified atom stereocenters. The first-order valence-electron chi connectivity index (χ1n) is 4.83. The van der Waals surface area contributed by atoms with E-state index in [0.29, 0.717) is 5.02 Å². The maximum atomic E-state index is 6.00. The predicted octanol–water partition coefficient (Wildman–Crippen LogP) is 4.11. The lowest BCUT2D eigenvalue weighted by atomic mass is 10.2. The Balaban J connectivity index is 2.03. The van der Waals surface area contributed by atoms with Crippen LogP contribution in [-0.4, -0.2) is 4.98 Å². The minimum Gasteiger partial charge on any atom is -0.381 e. The van der Waals surface area contributed by atoms with Gasteiger partial charge in [-0.3, -0.25) is 4.98 Å². The molecule has 1 aromatic carbocycles. The third-order valence-electron chi connectivity index (χ3n) is 2.17. The van der Waals surface area contributed by atoms with Gasteiger partial charge in [0.15, 0.2) is 0 Å². The number of nitrogens with one attached hydrogen (secondary N) is 1. The highest BCUT2D eigenvalue weighted by molar-refractivity contribution is 9.10. The topological polar surface area (TPSA) is 24.9 Å². The van der Waals surface area contributed by atoms with E-state index in [1.807, 2.05) is 30.3 Å². The van der Waals surface area contributed by atoms with E-state index in [-0.39, 0.29) is 0 Å². The van der Waals surface area contributed by atoms with E-state index in [2.05, 4.69) is 26.2 Å². The van der Waals surface area contributed by atoms with Crippen molar-refractivity contribution >= 4 is 33.2 Å². The quantitative estimate of drug-likeness (QED) is 0.922. The van der Waals surface area contributed by atoms with Crippen LogP contribution in [0.25, 0.3) is 0 Å². The van der Waals surface area contributed by atoms with Crippen LogP contribution in [0.1, 0.15) is 5.56 Å². The molecular weight excluding hydrogens is 288 g/mol. The molecule has 0 saturated carbocycles. The molecule has 1 N–H and O–H groups in total. The lowest BCUT2D eigenvalue weighted by molar-refractivity contribution is 1.13. The van der Waals surface area contributed by atoms with Crippen LogP contribution < -0.4 is 5.32 Å². The maximum absolute atomic E-state index is 6.00. The molecule has 0 bridgehead atoms. The van der Waals surface area contributed by atoms with Gasteiger partial charge >= 0.3 is 0 Å². The standard InChI is InChI=1S/C12H10BrClN2/c13-11-2-1-10(7-12(11)14)16-8-9-3-5-15-6-4-9/h1-7,16H,8H2. The van der Waals surface area contributed by atoms with Gasteiger partial charge in [-0.1, -0.05) is 11.6 Å². The molecule has 0 aliphatic carbocycles. The molecule has 0 atom stereocenters. The minimum atomic E-state index is 0.708. The van der Waals surface area contributed by atoms with E-state index in [9.17, 15) is 0 Å². The zero-order valence-electron chi connectivity index (χ0n) is 8.45.